The van der Waals surface area contributed by atoms with E-state index in [-0.39, 0.29) is 18.2 Å². The fraction of sp³-hybridized carbons (Fsp3) is 0.467. The molecule has 4 nitrogen and oxygen atoms in total. The summed E-state index contributed by atoms with van der Waals surface area (Å²) in [6.07, 6.45) is 0.0582. The summed E-state index contributed by atoms with van der Waals surface area (Å²) in [4.78, 5) is 23.7. The molecule has 2 N–H and O–H groups in total. The Bertz CT molecular complexity index is 474. The molecule has 0 bridgehead atoms. The average Bonchev–Trinajstić information content (AvgIpc) is 2.35. The van der Waals surface area contributed by atoms with Gasteiger partial charge in [-0.1, -0.05) is 32.9 Å². The van der Waals surface area contributed by atoms with E-state index in [1.807, 2.05) is 25.1 Å². The van der Waals surface area contributed by atoms with Gasteiger partial charge >= 0.3 is 5.97 Å². The SMILES string of the molecule is CC(CNC(=O)c1ccccc1SC(C)C)CC(=O)O. The van der Waals surface area contributed by atoms with Gasteiger partial charge in [0.05, 0.1) is 5.56 Å². The van der Waals surface area contributed by atoms with Gasteiger partial charge in [0, 0.05) is 23.1 Å². The number of amides is 1. The molecule has 0 radical (unpaired) electrons. The standard InChI is InChI=1S/C15H21NO3S/c1-10(2)20-13-7-5-4-6-12(13)15(19)16-9-11(3)8-14(17)18/h4-7,10-11H,8-9H2,1-3H3,(H,16,19)(H,17,18). The van der Waals surface area contributed by atoms with Crippen LogP contribution in [0.4, 0.5) is 0 Å². The third-order valence-corrected chi connectivity index (χ3v) is 3.71. The van der Waals surface area contributed by atoms with E-state index in [9.17, 15) is 9.59 Å². The van der Waals surface area contributed by atoms with Gasteiger partial charge in [-0.05, 0) is 18.1 Å². The minimum Gasteiger partial charge on any atom is -0.481 e. The first-order valence-corrected chi connectivity index (χ1v) is 7.53. The van der Waals surface area contributed by atoms with Crippen molar-refractivity contribution in [1.82, 2.24) is 5.32 Å². The van der Waals surface area contributed by atoms with Crippen LogP contribution in [-0.4, -0.2) is 28.8 Å². The van der Waals surface area contributed by atoms with Crippen LogP contribution in [0.25, 0.3) is 0 Å². The summed E-state index contributed by atoms with van der Waals surface area (Å²) < 4.78 is 0. The zero-order valence-corrected chi connectivity index (χ0v) is 12.9. The van der Waals surface area contributed by atoms with Gasteiger partial charge in [-0.3, -0.25) is 9.59 Å². The van der Waals surface area contributed by atoms with Crippen LogP contribution < -0.4 is 5.32 Å². The predicted octanol–water partition coefficient (Wildman–Crippen LogP) is 3.03. The molecule has 1 aromatic carbocycles. The Labute approximate surface area is 124 Å². The Morgan fingerprint density at radius 3 is 2.50 bits per heavy atom. The molecular weight excluding hydrogens is 274 g/mol. The molecule has 1 unspecified atom stereocenters. The van der Waals surface area contributed by atoms with E-state index in [2.05, 4.69) is 19.2 Å². The molecule has 1 atom stereocenters. The highest BCUT2D eigenvalue weighted by molar-refractivity contribution is 8.00. The Morgan fingerprint density at radius 1 is 1.25 bits per heavy atom. The monoisotopic (exact) mass is 295 g/mol. The second-order valence-electron chi connectivity index (χ2n) is 5.08. The number of benzene rings is 1. The number of carbonyl (C=O) groups excluding carboxylic acids is 1. The number of carboxylic acids is 1. The number of nitrogens with one attached hydrogen (secondary N) is 1. The number of thioether (sulfide) groups is 1. The molecule has 0 fully saturated rings. The zero-order chi connectivity index (χ0) is 15.1. The van der Waals surface area contributed by atoms with Crippen molar-refractivity contribution in [2.45, 2.75) is 37.3 Å². The second-order valence-corrected chi connectivity index (χ2v) is 6.69. The smallest absolute Gasteiger partial charge is 0.303 e. The molecule has 1 amide bonds. The lowest BCUT2D eigenvalue weighted by Gasteiger charge is -2.13. The summed E-state index contributed by atoms with van der Waals surface area (Å²) in [6.45, 7) is 6.33. The van der Waals surface area contributed by atoms with E-state index >= 15 is 0 Å². The third-order valence-electron chi connectivity index (χ3n) is 2.63. The Balaban J connectivity index is 2.65. The molecule has 0 saturated heterocycles. The van der Waals surface area contributed by atoms with Crippen molar-refractivity contribution in [3.05, 3.63) is 29.8 Å². The summed E-state index contributed by atoms with van der Waals surface area (Å²) in [7, 11) is 0. The number of carbonyl (C=O) groups is 2. The summed E-state index contributed by atoms with van der Waals surface area (Å²) >= 11 is 1.64. The van der Waals surface area contributed by atoms with Crippen LogP contribution in [-0.2, 0) is 4.79 Å². The zero-order valence-electron chi connectivity index (χ0n) is 12.1. The first-order valence-electron chi connectivity index (χ1n) is 6.65. The van der Waals surface area contributed by atoms with Crippen LogP contribution in [0.1, 0.15) is 37.6 Å². The molecule has 1 rings (SSSR count). The van der Waals surface area contributed by atoms with Gasteiger partial charge in [0.25, 0.3) is 5.91 Å². The van der Waals surface area contributed by atoms with Gasteiger partial charge in [-0.2, -0.15) is 0 Å². The summed E-state index contributed by atoms with van der Waals surface area (Å²) in [5.74, 6) is -1.07. The van der Waals surface area contributed by atoms with Crippen LogP contribution in [0, 0.1) is 5.92 Å². The van der Waals surface area contributed by atoms with Gasteiger partial charge in [0.15, 0.2) is 0 Å². The van der Waals surface area contributed by atoms with Gasteiger partial charge in [-0.15, -0.1) is 11.8 Å². The number of hydrogen-bond donors (Lipinski definition) is 2. The molecular formula is C15H21NO3S. The molecule has 0 saturated carbocycles. The highest BCUT2D eigenvalue weighted by Crippen LogP contribution is 2.26. The van der Waals surface area contributed by atoms with E-state index in [1.54, 1.807) is 17.8 Å². The molecule has 5 heteroatoms. The number of hydrogen-bond acceptors (Lipinski definition) is 3. The van der Waals surface area contributed by atoms with Gasteiger partial charge < -0.3 is 10.4 Å². The van der Waals surface area contributed by atoms with Gasteiger partial charge in [0.1, 0.15) is 0 Å². The first-order chi connectivity index (χ1) is 9.40. The first kappa shape index (κ1) is 16.6. The lowest BCUT2D eigenvalue weighted by molar-refractivity contribution is -0.137. The van der Waals surface area contributed by atoms with Crippen molar-refractivity contribution < 1.29 is 14.7 Å². The predicted molar refractivity (Wildman–Crippen MR) is 81.2 cm³/mol. The molecule has 1 aromatic rings. The normalized spacial score (nSPS) is 12.2. The lowest BCUT2D eigenvalue weighted by Crippen LogP contribution is -2.29. The van der Waals surface area contributed by atoms with Crippen molar-refractivity contribution in [3.8, 4) is 0 Å². The molecule has 0 aromatic heterocycles. The summed E-state index contributed by atoms with van der Waals surface area (Å²) in [5, 5.41) is 11.9. The minimum absolute atomic E-state index is 0.0582. The second kappa shape index (κ2) is 7.94. The average molecular weight is 295 g/mol. The highest BCUT2D eigenvalue weighted by atomic mass is 32.2. The summed E-state index contributed by atoms with van der Waals surface area (Å²) in [5.41, 5.74) is 0.647. The minimum atomic E-state index is -0.845. The Hall–Kier alpha value is -1.49. The molecule has 0 heterocycles. The van der Waals surface area contributed by atoms with E-state index in [4.69, 9.17) is 5.11 Å². The van der Waals surface area contributed by atoms with Crippen LogP contribution in [0.15, 0.2) is 29.2 Å². The van der Waals surface area contributed by atoms with Crippen molar-refractivity contribution in [3.63, 3.8) is 0 Å². The van der Waals surface area contributed by atoms with Crippen LogP contribution >= 0.6 is 11.8 Å². The van der Waals surface area contributed by atoms with E-state index < -0.39 is 5.97 Å². The largest absolute Gasteiger partial charge is 0.481 e. The lowest BCUT2D eigenvalue weighted by atomic mass is 10.1. The fourth-order valence-corrected chi connectivity index (χ4v) is 2.70. The maximum absolute atomic E-state index is 12.2. The molecule has 0 aliphatic rings. The summed E-state index contributed by atoms with van der Waals surface area (Å²) in [6, 6.07) is 7.47. The Kier molecular flexibility index (Phi) is 6.58. The number of rotatable bonds is 7. The molecule has 110 valence electrons. The van der Waals surface area contributed by atoms with Crippen LogP contribution in [0.3, 0.4) is 0 Å². The maximum atomic E-state index is 12.2. The van der Waals surface area contributed by atoms with E-state index in [0.717, 1.165) is 4.90 Å². The fourth-order valence-electron chi connectivity index (χ4n) is 1.74. The number of aliphatic carboxylic acids is 1. The van der Waals surface area contributed by atoms with Crippen molar-refractivity contribution in [2.75, 3.05) is 6.54 Å². The van der Waals surface area contributed by atoms with E-state index in [0.29, 0.717) is 17.4 Å². The van der Waals surface area contributed by atoms with Crippen molar-refractivity contribution >= 4 is 23.6 Å². The molecule has 20 heavy (non-hydrogen) atoms. The quantitative estimate of drug-likeness (QED) is 0.759. The maximum Gasteiger partial charge on any atom is 0.303 e. The van der Waals surface area contributed by atoms with E-state index in [1.165, 1.54) is 0 Å². The topological polar surface area (TPSA) is 66.4 Å². The Morgan fingerprint density at radius 2 is 1.90 bits per heavy atom. The van der Waals surface area contributed by atoms with Crippen LogP contribution in [0.5, 0.6) is 0 Å². The van der Waals surface area contributed by atoms with Gasteiger partial charge in [0.2, 0.25) is 0 Å². The van der Waals surface area contributed by atoms with Crippen molar-refractivity contribution in [2.24, 2.45) is 5.92 Å². The van der Waals surface area contributed by atoms with Crippen molar-refractivity contribution in [1.29, 1.82) is 0 Å². The van der Waals surface area contributed by atoms with Gasteiger partial charge in [-0.25, -0.2) is 0 Å². The third kappa shape index (κ3) is 5.65. The highest BCUT2D eigenvalue weighted by Gasteiger charge is 2.14. The molecule has 0 aliphatic heterocycles. The number of carboxylic acid groups (broad SMARTS) is 1. The molecule has 0 aliphatic carbocycles. The van der Waals surface area contributed by atoms with Crippen LogP contribution in [0.2, 0.25) is 0 Å². The molecule has 0 spiro atoms.